The Hall–Kier alpha value is -0.790. The molecule has 8 heteroatoms. The molecule has 0 bridgehead atoms. The Morgan fingerprint density at radius 3 is 2.73 bits per heavy atom. The summed E-state index contributed by atoms with van der Waals surface area (Å²) in [6, 6.07) is -0.791. The van der Waals surface area contributed by atoms with Gasteiger partial charge in [0.15, 0.2) is 0 Å². The number of halogens is 3. The highest BCUT2D eigenvalue weighted by molar-refractivity contribution is 7.09. The van der Waals surface area contributed by atoms with Crippen LogP contribution in [0.3, 0.4) is 0 Å². The fourth-order valence-corrected chi connectivity index (χ4v) is 3.05. The van der Waals surface area contributed by atoms with Crippen LogP contribution in [0.15, 0.2) is 5.38 Å². The molecule has 1 aromatic heterocycles. The molecular weight excluding hydrogens is 332 g/mol. The van der Waals surface area contributed by atoms with Crippen molar-refractivity contribution in [2.24, 2.45) is 0 Å². The number of alkyl halides is 2. The van der Waals surface area contributed by atoms with Crippen LogP contribution in [-0.4, -0.2) is 35.9 Å². The van der Waals surface area contributed by atoms with E-state index in [1.54, 1.807) is 11.3 Å². The van der Waals surface area contributed by atoms with Crippen molar-refractivity contribution in [3.8, 4) is 0 Å². The van der Waals surface area contributed by atoms with Crippen molar-refractivity contribution < 1.29 is 13.6 Å². The number of hydrogen-bond donors (Lipinski definition) is 2. The number of amides is 1. The van der Waals surface area contributed by atoms with E-state index in [4.69, 9.17) is 0 Å². The molecule has 1 fully saturated rings. The predicted molar refractivity (Wildman–Crippen MR) is 86.1 cm³/mol. The Morgan fingerprint density at radius 2 is 2.23 bits per heavy atom. The summed E-state index contributed by atoms with van der Waals surface area (Å²) in [5.74, 6) is -3.14. The third-order valence-electron chi connectivity index (χ3n) is 3.30. The maximum absolute atomic E-state index is 13.0. The molecule has 0 spiro atoms. The quantitative estimate of drug-likeness (QED) is 0.874. The van der Waals surface area contributed by atoms with E-state index in [2.05, 4.69) is 36.4 Å². The summed E-state index contributed by atoms with van der Waals surface area (Å²) >= 11 is 1.61. The first-order valence-electron chi connectivity index (χ1n) is 7.01. The molecule has 1 unspecified atom stereocenters. The lowest BCUT2D eigenvalue weighted by Crippen LogP contribution is -2.41. The zero-order chi connectivity index (χ0) is 15.7. The lowest BCUT2D eigenvalue weighted by Gasteiger charge is -2.13. The molecular formula is C14H22ClF2N3OS. The molecule has 1 aliphatic heterocycles. The molecule has 1 aromatic rings. The fourth-order valence-electron chi connectivity index (χ4n) is 2.10. The van der Waals surface area contributed by atoms with Crippen molar-refractivity contribution in [3.05, 3.63) is 16.1 Å². The van der Waals surface area contributed by atoms with Gasteiger partial charge in [-0.15, -0.1) is 23.7 Å². The van der Waals surface area contributed by atoms with Crippen LogP contribution in [0.25, 0.3) is 0 Å². The highest BCUT2D eigenvalue weighted by Crippen LogP contribution is 2.26. The van der Waals surface area contributed by atoms with Gasteiger partial charge in [0.2, 0.25) is 5.91 Å². The molecule has 2 N–H and O–H groups in total. The van der Waals surface area contributed by atoms with Crippen molar-refractivity contribution in [1.29, 1.82) is 0 Å². The van der Waals surface area contributed by atoms with Crippen molar-refractivity contribution in [2.75, 3.05) is 13.1 Å². The Morgan fingerprint density at radius 1 is 1.55 bits per heavy atom. The van der Waals surface area contributed by atoms with Gasteiger partial charge in [-0.25, -0.2) is 13.8 Å². The number of nitrogens with one attached hydrogen (secondary N) is 2. The largest absolute Gasteiger partial charge is 0.354 e. The van der Waals surface area contributed by atoms with Gasteiger partial charge < -0.3 is 5.32 Å². The van der Waals surface area contributed by atoms with Crippen molar-refractivity contribution in [2.45, 2.75) is 51.0 Å². The van der Waals surface area contributed by atoms with E-state index in [1.807, 2.05) is 5.38 Å². The minimum atomic E-state index is -2.78. The first-order valence-corrected chi connectivity index (χ1v) is 7.89. The maximum atomic E-state index is 13.0. The molecule has 1 aliphatic rings. The van der Waals surface area contributed by atoms with E-state index in [1.165, 1.54) is 0 Å². The van der Waals surface area contributed by atoms with E-state index in [9.17, 15) is 13.6 Å². The Balaban J connectivity index is 0.00000242. The summed E-state index contributed by atoms with van der Waals surface area (Å²) in [6.45, 7) is 6.29. The van der Waals surface area contributed by atoms with E-state index in [0.717, 1.165) is 10.7 Å². The zero-order valence-electron chi connectivity index (χ0n) is 12.9. The third kappa shape index (κ3) is 5.14. The van der Waals surface area contributed by atoms with Gasteiger partial charge >= 0.3 is 0 Å². The Bertz CT molecular complexity index is 516. The lowest BCUT2D eigenvalue weighted by molar-refractivity contribution is -0.123. The summed E-state index contributed by atoms with van der Waals surface area (Å²) < 4.78 is 26.0. The van der Waals surface area contributed by atoms with Gasteiger partial charge in [0, 0.05) is 30.2 Å². The molecule has 126 valence electrons. The maximum Gasteiger partial charge on any atom is 0.262 e. The second-order valence-electron chi connectivity index (χ2n) is 6.43. The first kappa shape index (κ1) is 19.3. The topological polar surface area (TPSA) is 54.0 Å². The molecule has 0 saturated carbocycles. The molecule has 2 rings (SSSR count). The van der Waals surface area contributed by atoms with E-state index >= 15 is 0 Å². The van der Waals surface area contributed by atoms with Crippen LogP contribution in [0.1, 0.15) is 37.9 Å². The second-order valence-corrected chi connectivity index (χ2v) is 7.29. The molecule has 0 aliphatic carbocycles. The minimum Gasteiger partial charge on any atom is -0.354 e. The SMILES string of the molecule is CC(C)(C)c1nc(CCNC(=O)C2CC(F)(F)CN2)cs1.Cl. The monoisotopic (exact) mass is 353 g/mol. The van der Waals surface area contributed by atoms with Crippen molar-refractivity contribution >= 4 is 29.7 Å². The summed E-state index contributed by atoms with van der Waals surface area (Å²) in [7, 11) is 0. The highest BCUT2D eigenvalue weighted by Gasteiger charge is 2.42. The molecule has 0 aromatic carbocycles. The highest BCUT2D eigenvalue weighted by atomic mass is 35.5. The summed E-state index contributed by atoms with van der Waals surface area (Å²) in [6.07, 6.45) is 0.186. The lowest BCUT2D eigenvalue weighted by atomic mass is 9.98. The van der Waals surface area contributed by atoms with Gasteiger partial charge in [0.25, 0.3) is 5.92 Å². The van der Waals surface area contributed by atoms with Gasteiger partial charge in [-0.05, 0) is 0 Å². The summed E-state index contributed by atoms with van der Waals surface area (Å²) in [5.41, 5.74) is 0.945. The van der Waals surface area contributed by atoms with E-state index in [0.29, 0.717) is 13.0 Å². The standard InChI is InChI=1S/C14H21F2N3OS.ClH/c1-13(2,3)12-19-9(7-21-12)4-5-17-11(20)10-6-14(15,16)8-18-10;/h7,10,18H,4-6,8H2,1-3H3,(H,17,20);1H. The zero-order valence-corrected chi connectivity index (χ0v) is 14.5. The number of aromatic nitrogens is 1. The minimum absolute atomic E-state index is 0. The number of carbonyl (C=O) groups is 1. The van der Waals surface area contributed by atoms with Crippen LogP contribution < -0.4 is 10.6 Å². The van der Waals surface area contributed by atoms with Crippen LogP contribution in [0.5, 0.6) is 0 Å². The molecule has 1 atom stereocenters. The van der Waals surface area contributed by atoms with Gasteiger partial charge in [-0.2, -0.15) is 0 Å². The van der Waals surface area contributed by atoms with Gasteiger partial charge in [0.05, 0.1) is 23.3 Å². The van der Waals surface area contributed by atoms with Gasteiger partial charge in [0.1, 0.15) is 0 Å². The number of thiazole rings is 1. The smallest absolute Gasteiger partial charge is 0.262 e. The average molecular weight is 354 g/mol. The number of hydrogen-bond acceptors (Lipinski definition) is 4. The predicted octanol–water partition coefficient (Wildman–Crippen LogP) is 2.52. The van der Waals surface area contributed by atoms with Crippen LogP contribution in [0.4, 0.5) is 8.78 Å². The van der Waals surface area contributed by atoms with Crippen molar-refractivity contribution in [1.82, 2.24) is 15.6 Å². The van der Waals surface area contributed by atoms with Crippen LogP contribution in [-0.2, 0) is 16.6 Å². The van der Waals surface area contributed by atoms with Crippen LogP contribution in [0.2, 0.25) is 0 Å². The van der Waals surface area contributed by atoms with Crippen molar-refractivity contribution in [3.63, 3.8) is 0 Å². The van der Waals surface area contributed by atoms with Gasteiger partial charge in [-0.3, -0.25) is 10.1 Å². The Kier molecular flexibility index (Phi) is 6.29. The first-order chi connectivity index (χ1) is 9.67. The van der Waals surface area contributed by atoms with Crippen LogP contribution >= 0.6 is 23.7 Å². The molecule has 2 heterocycles. The third-order valence-corrected chi connectivity index (χ3v) is 4.62. The molecule has 1 amide bonds. The molecule has 22 heavy (non-hydrogen) atoms. The molecule has 0 radical (unpaired) electrons. The number of carbonyl (C=O) groups excluding carboxylic acids is 1. The Labute approximate surface area is 139 Å². The number of nitrogens with zero attached hydrogens (tertiary/aromatic N) is 1. The van der Waals surface area contributed by atoms with E-state index in [-0.39, 0.29) is 23.7 Å². The summed E-state index contributed by atoms with van der Waals surface area (Å²) in [4.78, 5) is 16.3. The summed E-state index contributed by atoms with van der Waals surface area (Å²) in [5, 5.41) is 8.27. The van der Waals surface area contributed by atoms with E-state index < -0.39 is 24.9 Å². The average Bonchev–Trinajstić information content (AvgIpc) is 2.95. The second kappa shape index (κ2) is 7.19. The fraction of sp³-hybridized carbons (Fsp3) is 0.714. The number of rotatable bonds is 4. The molecule has 4 nitrogen and oxygen atoms in total. The normalized spacial score (nSPS) is 20.5. The van der Waals surface area contributed by atoms with Crippen LogP contribution in [0, 0.1) is 0 Å². The molecule has 1 saturated heterocycles. The van der Waals surface area contributed by atoms with Gasteiger partial charge in [-0.1, -0.05) is 20.8 Å².